The highest BCUT2D eigenvalue weighted by atomic mass is 35.5. The Morgan fingerprint density at radius 3 is 2.55 bits per heavy atom. The summed E-state index contributed by atoms with van der Waals surface area (Å²) in [5, 5.41) is 1.64. The average Bonchev–Trinajstić information content (AvgIpc) is 3.12. The maximum Gasteiger partial charge on any atom is 0.186 e. The molecular formula is C23H27ClN2O2S. The van der Waals surface area contributed by atoms with Crippen LogP contribution in [0.2, 0.25) is 5.02 Å². The highest BCUT2D eigenvalue weighted by molar-refractivity contribution is 7.16. The van der Waals surface area contributed by atoms with Gasteiger partial charge in [-0.1, -0.05) is 48.9 Å². The average molecular weight is 431 g/mol. The summed E-state index contributed by atoms with van der Waals surface area (Å²) in [4.78, 5) is 8.53. The Bertz CT molecular complexity index is 930. The van der Waals surface area contributed by atoms with Crippen molar-refractivity contribution in [1.82, 2.24) is 4.98 Å². The minimum atomic E-state index is 0.103. The van der Waals surface area contributed by atoms with Crippen molar-refractivity contribution in [3.8, 4) is 17.0 Å². The fourth-order valence-corrected chi connectivity index (χ4v) is 4.60. The SMILES string of the molecule is CCCN(c1nc(-c2ccc(Cl)cc2OC)c(C)s1)C(COC)c1ccccc1. The molecular weight excluding hydrogens is 404 g/mol. The third-order valence-corrected chi connectivity index (χ3v) is 6.04. The molecule has 0 aliphatic heterocycles. The van der Waals surface area contributed by atoms with Crippen LogP contribution in [-0.4, -0.2) is 32.4 Å². The van der Waals surface area contributed by atoms with Gasteiger partial charge in [-0.15, -0.1) is 11.3 Å². The van der Waals surface area contributed by atoms with E-state index < -0.39 is 0 Å². The molecule has 154 valence electrons. The van der Waals surface area contributed by atoms with Crippen LogP contribution in [0.25, 0.3) is 11.3 Å². The van der Waals surface area contributed by atoms with Gasteiger partial charge in [0.15, 0.2) is 5.13 Å². The van der Waals surface area contributed by atoms with Gasteiger partial charge in [0.1, 0.15) is 5.75 Å². The smallest absolute Gasteiger partial charge is 0.186 e. The summed E-state index contributed by atoms with van der Waals surface area (Å²) < 4.78 is 11.1. The van der Waals surface area contributed by atoms with E-state index in [9.17, 15) is 0 Å². The Morgan fingerprint density at radius 1 is 1.14 bits per heavy atom. The first-order chi connectivity index (χ1) is 14.1. The number of hydrogen-bond acceptors (Lipinski definition) is 5. The van der Waals surface area contributed by atoms with Crippen LogP contribution in [0, 0.1) is 6.92 Å². The van der Waals surface area contributed by atoms with E-state index in [2.05, 4.69) is 43.0 Å². The van der Waals surface area contributed by atoms with Crippen LogP contribution in [0.15, 0.2) is 48.5 Å². The third kappa shape index (κ3) is 4.92. The summed E-state index contributed by atoms with van der Waals surface area (Å²) in [6.07, 6.45) is 1.02. The van der Waals surface area contributed by atoms with Gasteiger partial charge in [-0.05, 0) is 37.1 Å². The molecule has 4 nitrogen and oxygen atoms in total. The lowest BCUT2D eigenvalue weighted by Crippen LogP contribution is -2.32. The molecule has 0 bridgehead atoms. The van der Waals surface area contributed by atoms with Crippen molar-refractivity contribution < 1.29 is 9.47 Å². The normalized spacial score (nSPS) is 12.0. The zero-order valence-corrected chi connectivity index (χ0v) is 18.9. The van der Waals surface area contributed by atoms with Crippen molar-refractivity contribution >= 4 is 28.1 Å². The summed E-state index contributed by atoms with van der Waals surface area (Å²) >= 11 is 7.84. The maximum absolute atomic E-state index is 6.14. The van der Waals surface area contributed by atoms with Crippen LogP contribution in [0.5, 0.6) is 5.75 Å². The van der Waals surface area contributed by atoms with Crippen LogP contribution in [0.4, 0.5) is 5.13 Å². The molecule has 0 radical (unpaired) electrons. The zero-order chi connectivity index (χ0) is 20.8. The molecule has 0 saturated carbocycles. The second kappa shape index (κ2) is 10.1. The summed E-state index contributed by atoms with van der Waals surface area (Å²) in [5.41, 5.74) is 3.11. The predicted molar refractivity (Wildman–Crippen MR) is 123 cm³/mol. The quantitative estimate of drug-likeness (QED) is 0.394. The number of ether oxygens (including phenoxy) is 2. The van der Waals surface area contributed by atoms with Crippen molar-refractivity contribution in [3.05, 3.63) is 64.0 Å². The minimum absolute atomic E-state index is 0.103. The minimum Gasteiger partial charge on any atom is -0.496 e. The first-order valence-electron chi connectivity index (χ1n) is 9.70. The van der Waals surface area contributed by atoms with E-state index in [1.807, 2.05) is 24.3 Å². The highest BCUT2D eigenvalue weighted by Crippen LogP contribution is 2.40. The van der Waals surface area contributed by atoms with Crippen molar-refractivity contribution in [3.63, 3.8) is 0 Å². The van der Waals surface area contributed by atoms with Crippen LogP contribution < -0.4 is 9.64 Å². The van der Waals surface area contributed by atoms with Crippen molar-refractivity contribution in [2.24, 2.45) is 0 Å². The zero-order valence-electron chi connectivity index (χ0n) is 17.3. The molecule has 6 heteroatoms. The number of halogens is 1. The fourth-order valence-electron chi connectivity index (χ4n) is 3.44. The van der Waals surface area contributed by atoms with Gasteiger partial charge in [0.2, 0.25) is 0 Å². The largest absolute Gasteiger partial charge is 0.496 e. The molecule has 3 rings (SSSR count). The fraction of sp³-hybridized carbons (Fsp3) is 0.348. The lowest BCUT2D eigenvalue weighted by molar-refractivity contribution is 0.177. The summed E-state index contributed by atoms with van der Waals surface area (Å²) in [6, 6.07) is 16.3. The lowest BCUT2D eigenvalue weighted by Gasteiger charge is -2.31. The second-order valence-corrected chi connectivity index (χ2v) is 8.44. The number of benzene rings is 2. The van der Waals surface area contributed by atoms with Crippen molar-refractivity contribution in [1.29, 1.82) is 0 Å². The molecule has 0 aliphatic rings. The molecule has 3 aromatic rings. The Labute approximate surface area is 182 Å². The number of aryl methyl sites for hydroxylation is 1. The Hall–Kier alpha value is -2.08. The second-order valence-electron chi connectivity index (χ2n) is 6.82. The van der Waals surface area contributed by atoms with E-state index >= 15 is 0 Å². The van der Waals surface area contributed by atoms with Gasteiger partial charge in [-0.2, -0.15) is 0 Å². The molecule has 0 amide bonds. The van der Waals surface area contributed by atoms with E-state index in [1.165, 1.54) is 5.56 Å². The standard InChI is InChI=1S/C23H27ClN2O2S/c1-5-13-26(20(15-27-3)17-9-7-6-8-10-17)23-25-22(16(2)29-23)19-12-11-18(24)14-21(19)28-4/h6-12,14,20H,5,13,15H2,1-4H3. The van der Waals surface area contributed by atoms with E-state index in [0.29, 0.717) is 11.6 Å². The van der Waals surface area contributed by atoms with Crippen LogP contribution in [-0.2, 0) is 4.74 Å². The van der Waals surface area contributed by atoms with Crippen LogP contribution in [0.1, 0.15) is 29.8 Å². The first kappa shape index (κ1) is 21.6. The van der Waals surface area contributed by atoms with E-state index in [4.69, 9.17) is 26.1 Å². The number of thiazole rings is 1. The molecule has 1 heterocycles. The van der Waals surface area contributed by atoms with E-state index in [0.717, 1.165) is 40.0 Å². The molecule has 1 atom stereocenters. The van der Waals surface area contributed by atoms with Crippen molar-refractivity contribution in [2.45, 2.75) is 26.3 Å². The Kier molecular flexibility index (Phi) is 7.53. The summed E-state index contributed by atoms with van der Waals surface area (Å²) in [7, 11) is 3.41. The lowest BCUT2D eigenvalue weighted by atomic mass is 10.1. The third-order valence-electron chi connectivity index (χ3n) is 4.80. The molecule has 1 unspecified atom stereocenters. The van der Waals surface area contributed by atoms with Gasteiger partial charge >= 0.3 is 0 Å². The van der Waals surface area contributed by atoms with Crippen molar-refractivity contribution in [2.75, 3.05) is 32.3 Å². The summed E-state index contributed by atoms with van der Waals surface area (Å²) in [6.45, 7) is 5.78. The predicted octanol–water partition coefficient (Wildman–Crippen LogP) is 6.38. The number of hydrogen-bond donors (Lipinski definition) is 0. The molecule has 0 saturated heterocycles. The Morgan fingerprint density at radius 2 is 1.90 bits per heavy atom. The number of nitrogens with zero attached hydrogens (tertiary/aromatic N) is 2. The van der Waals surface area contributed by atoms with Gasteiger partial charge in [0.05, 0.1) is 25.5 Å². The monoisotopic (exact) mass is 430 g/mol. The van der Waals surface area contributed by atoms with E-state index in [-0.39, 0.29) is 6.04 Å². The van der Waals surface area contributed by atoms with Gasteiger partial charge in [-0.3, -0.25) is 0 Å². The Balaban J connectivity index is 2.04. The number of anilines is 1. The molecule has 29 heavy (non-hydrogen) atoms. The number of methoxy groups -OCH3 is 2. The number of aromatic nitrogens is 1. The topological polar surface area (TPSA) is 34.6 Å². The maximum atomic E-state index is 6.14. The molecule has 0 spiro atoms. The van der Waals surface area contributed by atoms with E-state index in [1.54, 1.807) is 25.6 Å². The van der Waals surface area contributed by atoms with Gasteiger partial charge in [-0.25, -0.2) is 4.98 Å². The highest BCUT2D eigenvalue weighted by Gasteiger charge is 2.25. The van der Waals surface area contributed by atoms with Gasteiger partial charge in [0, 0.05) is 29.1 Å². The molecule has 1 aromatic heterocycles. The summed E-state index contributed by atoms with van der Waals surface area (Å²) in [5.74, 6) is 0.732. The van der Waals surface area contributed by atoms with Crippen LogP contribution >= 0.6 is 22.9 Å². The molecule has 2 aromatic carbocycles. The van der Waals surface area contributed by atoms with Gasteiger partial charge in [0.25, 0.3) is 0 Å². The van der Waals surface area contributed by atoms with Gasteiger partial charge < -0.3 is 14.4 Å². The first-order valence-corrected chi connectivity index (χ1v) is 10.9. The molecule has 0 N–H and O–H groups in total. The molecule has 0 aliphatic carbocycles. The molecule has 0 fully saturated rings. The van der Waals surface area contributed by atoms with Crippen LogP contribution in [0.3, 0.4) is 0 Å². The number of rotatable bonds is 9.